The van der Waals surface area contributed by atoms with Crippen LogP contribution >= 0.6 is 0 Å². The molecule has 0 aliphatic carbocycles. The van der Waals surface area contributed by atoms with Crippen molar-refractivity contribution in [2.45, 2.75) is 32.2 Å². The van der Waals surface area contributed by atoms with E-state index < -0.39 is 0 Å². The lowest BCUT2D eigenvalue weighted by molar-refractivity contribution is 0.130. The third-order valence-corrected chi connectivity index (χ3v) is 2.89. The minimum atomic E-state index is 0.216. The fourth-order valence-electron chi connectivity index (χ4n) is 1.76. The molecule has 14 heavy (non-hydrogen) atoms. The summed E-state index contributed by atoms with van der Waals surface area (Å²) in [6.45, 7) is 8.93. The third-order valence-electron chi connectivity index (χ3n) is 2.89. The van der Waals surface area contributed by atoms with E-state index in [1.54, 1.807) is 0 Å². The maximum atomic E-state index is 4.43. The highest BCUT2D eigenvalue weighted by molar-refractivity contribution is 5.15. The quantitative estimate of drug-likeness (QED) is 0.676. The number of nitrogens with zero attached hydrogens (tertiary/aromatic N) is 3. The molecule has 3 nitrogen and oxygen atoms in total. The first-order valence-electron chi connectivity index (χ1n) is 5.20. The van der Waals surface area contributed by atoms with Gasteiger partial charge in [0.25, 0.3) is 0 Å². The number of likely N-dealkylation sites (N-methyl/N-ethyl adjacent to an activating group) is 1. The van der Waals surface area contributed by atoms with Crippen LogP contribution in [-0.4, -0.2) is 34.8 Å². The number of hydrogen-bond acceptors (Lipinski definition) is 2. The van der Waals surface area contributed by atoms with E-state index in [2.05, 4.69) is 48.7 Å². The minimum Gasteiger partial charge on any atom is -0.302 e. The van der Waals surface area contributed by atoms with Crippen molar-refractivity contribution in [1.29, 1.82) is 0 Å². The van der Waals surface area contributed by atoms with E-state index in [-0.39, 0.29) is 5.41 Å². The molecule has 1 aromatic rings. The molecule has 1 fully saturated rings. The topological polar surface area (TPSA) is 21.1 Å². The van der Waals surface area contributed by atoms with Crippen LogP contribution in [0.5, 0.6) is 0 Å². The molecule has 1 aliphatic rings. The Morgan fingerprint density at radius 3 is 2.43 bits per heavy atom. The second-order valence-electron chi connectivity index (χ2n) is 5.33. The molecule has 0 radical (unpaired) electrons. The molecule has 2 rings (SSSR count). The van der Waals surface area contributed by atoms with Gasteiger partial charge in [-0.25, -0.2) is 0 Å². The number of likely N-dealkylation sites (tertiary alicyclic amines) is 1. The van der Waals surface area contributed by atoms with Crippen molar-refractivity contribution in [3.8, 4) is 0 Å². The summed E-state index contributed by atoms with van der Waals surface area (Å²) in [6.07, 6.45) is 4.19. The SMILES string of the molecule is CN1CC(n2cc(C(C)(C)C)cn2)C1. The fraction of sp³-hybridized carbons (Fsp3) is 0.727. The van der Waals surface area contributed by atoms with Gasteiger partial charge in [-0.15, -0.1) is 0 Å². The van der Waals surface area contributed by atoms with E-state index in [4.69, 9.17) is 0 Å². The average molecular weight is 193 g/mol. The molecule has 1 aliphatic heterocycles. The van der Waals surface area contributed by atoms with Crippen molar-refractivity contribution in [2.75, 3.05) is 20.1 Å². The van der Waals surface area contributed by atoms with Gasteiger partial charge in [-0.1, -0.05) is 20.8 Å². The molecule has 0 amide bonds. The molecule has 0 N–H and O–H groups in total. The number of rotatable bonds is 1. The summed E-state index contributed by atoms with van der Waals surface area (Å²) in [7, 11) is 2.14. The van der Waals surface area contributed by atoms with Crippen molar-refractivity contribution < 1.29 is 0 Å². The van der Waals surface area contributed by atoms with E-state index in [1.807, 2.05) is 6.20 Å². The Balaban J connectivity index is 2.11. The van der Waals surface area contributed by atoms with E-state index in [1.165, 1.54) is 5.56 Å². The van der Waals surface area contributed by atoms with Gasteiger partial charge in [0, 0.05) is 19.3 Å². The lowest BCUT2D eigenvalue weighted by atomic mass is 9.90. The van der Waals surface area contributed by atoms with Crippen molar-refractivity contribution >= 4 is 0 Å². The number of aromatic nitrogens is 2. The van der Waals surface area contributed by atoms with Gasteiger partial charge in [0.05, 0.1) is 12.2 Å². The predicted molar refractivity (Wildman–Crippen MR) is 57.5 cm³/mol. The lowest BCUT2D eigenvalue weighted by Crippen LogP contribution is -2.45. The highest BCUT2D eigenvalue weighted by atomic mass is 15.4. The zero-order valence-corrected chi connectivity index (χ0v) is 9.49. The summed E-state index contributed by atoms with van der Waals surface area (Å²) in [5, 5.41) is 4.43. The largest absolute Gasteiger partial charge is 0.302 e. The molecule has 2 heterocycles. The predicted octanol–water partition coefficient (Wildman–Crippen LogP) is 1.67. The third kappa shape index (κ3) is 1.69. The van der Waals surface area contributed by atoms with Gasteiger partial charge < -0.3 is 4.90 Å². The van der Waals surface area contributed by atoms with Gasteiger partial charge in [0.2, 0.25) is 0 Å². The molecule has 0 bridgehead atoms. The molecular weight excluding hydrogens is 174 g/mol. The molecule has 78 valence electrons. The molecule has 3 heteroatoms. The average Bonchev–Trinajstić information content (AvgIpc) is 2.45. The van der Waals surface area contributed by atoms with Crippen LogP contribution in [0.4, 0.5) is 0 Å². The molecular formula is C11H19N3. The Labute approximate surface area is 85.7 Å². The summed E-state index contributed by atoms with van der Waals surface area (Å²) in [4.78, 5) is 2.31. The summed E-state index contributed by atoms with van der Waals surface area (Å²) in [5.74, 6) is 0. The van der Waals surface area contributed by atoms with Crippen molar-refractivity contribution in [3.05, 3.63) is 18.0 Å². The van der Waals surface area contributed by atoms with Crippen molar-refractivity contribution in [1.82, 2.24) is 14.7 Å². The van der Waals surface area contributed by atoms with Crippen LogP contribution < -0.4 is 0 Å². The van der Waals surface area contributed by atoms with Crippen LogP contribution in [0, 0.1) is 0 Å². The molecule has 0 aromatic carbocycles. The molecule has 1 aromatic heterocycles. The van der Waals surface area contributed by atoms with E-state index in [9.17, 15) is 0 Å². The second kappa shape index (κ2) is 3.09. The van der Waals surface area contributed by atoms with Gasteiger partial charge >= 0.3 is 0 Å². The highest BCUT2D eigenvalue weighted by Crippen LogP contribution is 2.24. The van der Waals surface area contributed by atoms with Crippen LogP contribution in [0.1, 0.15) is 32.4 Å². The maximum absolute atomic E-state index is 4.43. The molecule has 0 saturated carbocycles. The van der Waals surface area contributed by atoms with Crippen LogP contribution in [-0.2, 0) is 5.41 Å². The Morgan fingerprint density at radius 1 is 1.36 bits per heavy atom. The zero-order valence-electron chi connectivity index (χ0n) is 9.49. The van der Waals surface area contributed by atoms with Gasteiger partial charge in [-0.2, -0.15) is 5.10 Å². The van der Waals surface area contributed by atoms with E-state index in [0.29, 0.717) is 6.04 Å². The minimum absolute atomic E-state index is 0.216. The Morgan fingerprint density at radius 2 is 2.00 bits per heavy atom. The maximum Gasteiger partial charge on any atom is 0.0772 e. The number of hydrogen-bond donors (Lipinski definition) is 0. The molecule has 0 unspecified atom stereocenters. The summed E-state index contributed by atoms with van der Waals surface area (Å²) < 4.78 is 2.11. The van der Waals surface area contributed by atoms with Gasteiger partial charge in [0.15, 0.2) is 0 Å². The highest BCUT2D eigenvalue weighted by Gasteiger charge is 2.26. The second-order valence-corrected chi connectivity index (χ2v) is 5.33. The van der Waals surface area contributed by atoms with Crippen LogP contribution in [0.25, 0.3) is 0 Å². The van der Waals surface area contributed by atoms with E-state index in [0.717, 1.165) is 13.1 Å². The van der Waals surface area contributed by atoms with Gasteiger partial charge in [-0.05, 0) is 18.0 Å². The Kier molecular flexibility index (Phi) is 2.14. The van der Waals surface area contributed by atoms with Crippen LogP contribution in [0.2, 0.25) is 0 Å². The molecule has 0 spiro atoms. The normalized spacial score (nSPS) is 19.7. The van der Waals surface area contributed by atoms with Crippen LogP contribution in [0.15, 0.2) is 12.4 Å². The Bertz CT molecular complexity index is 316. The van der Waals surface area contributed by atoms with Crippen molar-refractivity contribution in [2.24, 2.45) is 0 Å². The van der Waals surface area contributed by atoms with E-state index >= 15 is 0 Å². The Hall–Kier alpha value is -0.830. The van der Waals surface area contributed by atoms with Gasteiger partial charge in [0.1, 0.15) is 0 Å². The van der Waals surface area contributed by atoms with Gasteiger partial charge in [-0.3, -0.25) is 4.68 Å². The van der Waals surface area contributed by atoms with Crippen molar-refractivity contribution in [3.63, 3.8) is 0 Å². The molecule has 0 atom stereocenters. The van der Waals surface area contributed by atoms with Crippen LogP contribution in [0.3, 0.4) is 0 Å². The zero-order chi connectivity index (χ0) is 10.3. The summed E-state index contributed by atoms with van der Waals surface area (Å²) >= 11 is 0. The first-order chi connectivity index (χ1) is 6.47. The smallest absolute Gasteiger partial charge is 0.0772 e. The summed E-state index contributed by atoms with van der Waals surface area (Å²) in [5.41, 5.74) is 1.54. The standard InChI is InChI=1S/C11H19N3/c1-11(2,3)9-5-12-14(6-9)10-7-13(4)8-10/h5-6,10H,7-8H2,1-4H3. The first-order valence-corrected chi connectivity index (χ1v) is 5.20. The summed E-state index contributed by atoms with van der Waals surface area (Å²) in [6, 6.07) is 0.594. The lowest BCUT2D eigenvalue weighted by Gasteiger charge is -2.36. The fourth-order valence-corrected chi connectivity index (χ4v) is 1.76. The molecule has 1 saturated heterocycles. The first kappa shape index (κ1) is 9.71. The monoisotopic (exact) mass is 193 g/mol.